The Hall–Kier alpha value is -1.16. The summed E-state index contributed by atoms with van der Waals surface area (Å²) >= 11 is 0. The highest BCUT2D eigenvalue weighted by Gasteiger charge is 2.31. The maximum absolute atomic E-state index is 6.26. The lowest BCUT2D eigenvalue weighted by atomic mass is 9.93. The van der Waals surface area contributed by atoms with E-state index in [0.717, 1.165) is 26.2 Å². The molecule has 0 saturated carbocycles. The van der Waals surface area contributed by atoms with Crippen LogP contribution in [0, 0.1) is 5.92 Å². The smallest absolute Gasteiger partial charge is 0.0589 e. The highest BCUT2D eigenvalue weighted by atomic mass is 16.5. The molecule has 2 atom stereocenters. The zero-order valence-electron chi connectivity index (χ0n) is 11.0. The van der Waals surface area contributed by atoms with Crippen molar-refractivity contribution in [3.8, 4) is 0 Å². The van der Waals surface area contributed by atoms with Crippen molar-refractivity contribution in [3.63, 3.8) is 0 Å². The summed E-state index contributed by atoms with van der Waals surface area (Å²) in [5, 5.41) is 0. The number of ether oxygens (including phenoxy) is 1. The summed E-state index contributed by atoms with van der Waals surface area (Å²) in [6.07, 6.45) is 14.6. The molecule has 1 aliphatic carbocycles. The summed E-state index contributed by atoms with van der Waals surface area (Å²) in [7, 11) is 1.74. The summed E-state index contributed by atoms with van der Waals surface area (Å²) < 4.78 is 5.12. The average molecular weight is 246 g/mol. The van der Waals surface area contributed by atoms with Crippen molar-refractivity contribution in [1.29, 1.82) is 0 Å². The van der Waals surface area contributed by atoms with Gasteiger partial charge in [-0.15, -0.1) is 0 Å². The number of nitrogens with zero attached hydrogens (tertiary/aromatic N) is 1. The minimum Gasteiger partial charge on any atom is -0.383 e. The molecular formula is C15H22N2O. The first-order chi connectivity index (χ1) is 8.81. The van der Waals surface area contributed by atoms with Crippen LogP contribution in [0.2, 0.25) is 0 Å². The number of nitrogens with two attached hydrogens (primary N) is 1. The molecule has 0 unspecified atom stereocenters. The molecule has 3 heteroatoms. The van der Waals surface area contributed by atoms with Gasteiger partial charge >= 0.3 is 0 Å². The van der Waals surface area contributed by atoms with Crippen molar-refractivity contribution in [3.05, 3.63) is 48.1 Å². The molecule has 1 saturated heterocycles. The van der Waals surface area contributed by atoms with E-state index in [1.54, 1.807) is 7.11 Å². The molecule has 0 aromatic rings. The van der Waals surface area contributed by atoms with Crippen LogP contribution in [-0.4, -0.2) is 44.3 Å². The van der Waals surface area contributed by atoms with E-state index in [4.69, 9.17) is 10.5 Å². The third kappa shape index (κ3) is 3.42. The van der Waals surface area contributed by atoms with Crippen molar-refractivity contribution in [2.45, 2.75) is 6.04 Å². The molecule has 1 heterocycles. The average Bonchev–Trinajstić information content (AvgIpc) is 2.68. The van der Waals surface area contributed by atoms with Gasteiger partial charge in [0.1, 0.15) is 0 Å². The quantitative estimate of drug-likeness (QED) is 0.817. The topological polar surface area (TPSA) is 38.5 Å². The van der Waals surface area contributed by atoms with Crippen LogP contribution < -0.4 is 5.73 Å². The van der Waals surface area contributed by atoms with Crippen LogP contribution in [-0.2, 0) is 4.74 Å². The van der Waals surface area contributed by atoms with Gasteiger partial charge in [0, 0.05) is 38.7 Å². The first-order valence-corrected chi connectivity index (χ1v) is 6.49. The third-order valence-corrected chi connectivity index (χ3v) is 3.50. The van der Waals surface area contributed by atoms with Gasteiger partial charge in [-0.2, -0.15) is 0 Å². The Kier molecular flexibility index (Phi) is 4.93. The Morgan fingerprint density at radius 2 is 2.00 bits per heavy atom. The van der Waals surface area contributed by atoms with Gasteiger partial charge < -0.3 is 10.5 Å². The van der Waals surface area contributed by atoms with Gasteiger partial charge in [-0.05, 0) is 5.57 Å². The molecule has 0 amide bonds. The Balaban J connectivity index is 2.00. The van der Waals surface area contributed by atoms with E-state index >= 15 is 0 Å². The van der Waals surface area contributed by atoms with E-state index < -0.39 is 0 Å². The first kappa shape index (κ1) is 13.3. The molecule has 0 radical (unpaired) electrons. The second kappa shape index (κ2) is 6.69. The Bertz CT molecular complexity index is 382. The normalized spacial score (nSPS) is 36.4. The van der Waals surface area contributed by atoms with Crippen LogP contribution >= 0.6 is 0 Å². The van der Waals surface area contributed by atoms with Gasteiger partial charge in [-0.25, -0.2) is 0 Å². The minimum atomic E-state index is 0.217. The number of likely N-dealkylation sites (tertiary alicyclic amines) is 1. The lowest BCUT2D eigenvalue weighted by Crippen LogP contribution is -2.31. The van der Waals surface area contributed by atoms with Crippen LogP contribution in [0.5, 0.6) is 0 Å². The Morgan fingerprint density at radius 3 is 2.83 bits per heavy atom. The third-order valence-electron chi connectivity index (χ3n) is 3.50. The van der Waals surface area contributed by atoms with Crippen LogP contribution in [0.3, 0.4) is 0 Å². The van der Waals surface area contributed by atoms with Crippen LogP contribution in [0.4, 0.5) is 0 Å². The summed E-state index contributed by atoms with van der Waals surface area (Å²) in [5.74, 6) is 0.425. The van der Waals surface area contributed by atoms with Gasteiger partial charge in [-0.3, -0.25) is 4.90 Å². The predicted octanol–water partition coefficient (Wildman–Crippen LogP) is 1.50. The maximum Gasteiger partial charge on any atom is 0.0589 e. The molecule has 2 rings (SSSR count). The number of hydrogen-bond donors (Lipinski definition) is 1. The predicted molar refractivity (Wildman–Crippen MR) is 75.3 cm³/mol. The first-order valence-electron chi connectivity index (χ1n) is 6.49. The largest absolute Gasteiger partial charge is 0.383 e. The molecule has 1 aliphatic heterocycles. The monoisotopic (exact) mass is 246 g/mol. The molecule has 0 spiro atoms. The molecule has 2 N–H and O–H groups in total. The lowest BCUT2D eigenvalue weighted by molar-refractivity contribution is 0.159. The molecule has 0 bridgehead atoms. The van der Waals surface area contributed by atoms with Gasteiger partial charge in [-0.1, -0.05) is 42.5 Å². The molecule has 18 heavy (non-hydrogen) atoms. The van der Waals surface area contributed by atoms with E-state index in [1.807, 2.05) is 18.2 Å². The molecular weight excluding hydrogens is 224 g/mol. The van der Waals surface area contributed by atoms with Gasteiger partial charge in [0.25, 0.3) is 0 Å². The maximum atomic E-state index is 6.26. The summed E-state index contributed by atoms with van der Waals surface area (Å²) in [5.41, 5.74) is 7.58. The fourth-order valence-electron chi connectivity index (χ4n) is 2.50. The van der Waals surface area contributed by atoms with E-state index in [2.05, 4.69) is 29.2 Å². The molecule has 0 aromatic heterocycles. The van der Waals surface area contributed by atoms with E-state index in [1.165, 1.54) is 5.57 Å². The molecule has 0 aromatic carbocycles. The zero-order valence-corrected chi connectivity index (χ0v) is 11.0. The Morgan fingerprint density at radius 1 is 1.22 bits per heavy atom. The molecule has 2 aliphatic rings. The van der Waals surface area contributed by atoms with Crippen LogP contribution in [0.1, 0.15) is 0 Å². The fraction of sp³-hybridized carbons (Fsp3) is 0.467. The van der Waals surface area contributed by atoms with Crippen molar-refractivity contribution in [2.24, 2.45) is 11.7 Å². The van der Waals surface area contributed by atoms with Crippen molar-refractivity contribution in [2.75, 3.05) is 33.4 Å². The molecule has 1 fully saturated rings. The Labute approximate surface area is 109 Å². The fourth-order valence-corrected chi connectivity index (χ4v) is 2.50. The van der Waals surface area contributed by atoms with Crippen molar-refractivity contribution in [1.82, 2.24) is 4.90 Å². The zero-order chi connectivity index (χ0) is 12.8. The summed E-state index contributed by atoms with van der Waals surface area (Å²) in [4.78, 5) is 2.38. The number of hydrogen-bond acceptors (Lipinski definition) is 3. The summed E-state index contributed by atoms with van der Waals surface area (Å²) in [6, 6.07) is 0.217. The summed E-state index contributed by atoms with van der Waals surface area (Å²) in [6.45, 7) is 3.72. The lowest BCUT2D eigenvalue weighted by Gasteiger charge is -2.16. The van der Waals surface area contributed by atoms with E-state index in [9.17, 15) is 0 Å². The molecule has 3 nitrogen and oxygen atoms in total. The minimum absolute atomic E-state index is 0.217. The SMILES string of the molecule is COCCN1C[C@@H](N)[C@H](C2=C/C=C\C=C/C=C\2)C1. The molecule has 98 valence electrons. The van der Waals surface area contributed by atoms with Crippen LogP contribution in [0.25, 0.3) is 0 Å². The van der Waals surface area contributed by atoms with E-state index in [0.29, 0.717) is 5.92 Å². The second-order valence-corrected chi connectivity index (χ2v) is 4.82. The number of allylic oxidation sites excluding steroid dienone is 7. The van der Waals surface area contributed by atoms with Gasteiger partial charge in [0.15, 0.2) is 0 Å². The highest BCUT2D eigenvalue weighted by molar-refractivity contribution is 5.34. The van der Waals surface area contributed by atoms with Gasteiger partial charge in [0.2, 0.25) is 0 Å². The van der Waals surface area contributed by atoms with Crippen molar-refractivity contribution >= 4 is 0 Å². The van der Waals surface area contributed by atoms with Gasteiger partial charge in [0.05, 0.1) is 6.61 Å². The van der Waals surface area contributed by atoms with Crippen LogP contribution in [0.15, 0.2) is 48.1 Å². The standard InChI is InChI=1S/C15H22N2O/c1-18-10-9-17-11-14(15(16)12-17)13-7-5-3-2-4-6-8-13/h2-8,14-15H,9-12,16H2,1H3/b3-2-,4-2?,5-3?,6-4-,7-5-,8-6?,13-7?,13-8+/t14-,15+/m0/s1. The van der Waals surface area contributed by atoms with Crippen molar-refractivity contribution < 1.29 is 4.74 Å². The highest BCUT2D eigenvalue weighted by Crippen LogP contribution is 2.24. The second-order valence-electron chi connectivity index (χ2n) is 4.82. The number of rotatable bonds is 4. The number of methoxy groups -OCH3 is 1. The van der Waals surface area contributed by atoms with E-state index in [-0.39, 0.29) is 6.04 Å².